The normalized spacial score (nSPS) is 11.1. The van der Waals surface area contributed by atoms with Gasteiger partial charge in [-0.05, 0) is 50.1 Å². The predicted octanol–water partition coefficient (Wildman–Crippen LogP) is 3.28. The number of aryl methyl sites for hydroxylation is 1. The molecule has 0 bridgehead atoms. The number of hydrogen-bond donors (Lipinski definition) is 1. The van der Waals surface area contributed by atoms with Crippen molar-refractivity contribution in [1.82, 2.24) is 14.9 Å². The van der Waals surface area contributed by atoms with E-state index in [1.165, 1.54) is 11.4 Å². The van der Waals surface area contributed by atoms with Gasteiger partial charge in [0.05, 0.1) is 0 Å². The molecule has 0 atom stereocenters. The first-order chi connectivity index (χ1) is 11.1. The molecule has 0 fully saturated rings. The molecule has 0 aromatic carbocycles. The Hall–Kier alpha value is -2.36. The Morgan fingerprint density at radius 2 is 2.17 bits per heavy atom. The minimum atomic E-state index is -0.0683. The maximum Gasteiger partial charge on any atom is 0.244 e. The lowest BCUT2D eigenvalue weighted by molar-refractivity contribution is -0.116. The lowest BCUT2D eigenvalue weighted by Gasteiger charge is -2.06. The Morgan fingerprint density at radius 3 is 2.87 bits per heavy atom. The molecule has 2 heterocycles. The fourth-order valence-corrected chi connectivity index (χ4v) is 2.65. The van der Waals surface area contributed by atoms with Crippen molar-refractivity contribution in [2.75, 3.05) is 6.54 Å². The maximum absolute atomic E-state index is 11.9. The van der Waals surface area contributed by atoms with Crippen molar-refractivity contribution in [3.63, 3.8) is 0 Å². The molecule has 2 aromatic heterocycles. The lowest BCUT2D eigenvalue weighted by atomic mass is 10.2. The molecule has 4 heteroatoms. The summed E-state index contributed by atoms with van der Waals surface area (Å²) in [7, 11) is 0. The summed E-state index contributed by atoms with van der Waals surface area (Å²) in [5.74, 6) is -0.0683. The number of hydrogen-bond acceptors (Lipinski definition) is 2. The van der Waals surface area contributed by atoms with E-state index in [4.69, 9.17) is 0 Å². The van der Waals surface area contributed by atoms with E-state index in [1.54, 1.807) is 12.3 Å². The van der Waals surface area contributed by atoms with Crippen LogP contribution in [0.3, 0.4) is 0 Å². The van der Waals surface area contributed by atoms with Gasteiger partial charge in [-0.15, -0.1) is 0 Å². The molecule has 23 heavy (non-hydrogen) atoms. The quantitative estimate of drug-likeness (QED) is 0.798. The summed E-state index contributed by atoms with van der Waals surface area (Å²) in [4.78, 5) is 16.1. The number of rotatable bonds is 7. The van der Waals surface area contributed by atoms with Crippen LogP contribution in [0.5, 0.6) is 0 Å². The first-order valence-corrected chi connectivity index (χ1v) is 8.14. The minimum absolute atomic E-state index is 0.0683. The van der Waals surface area contributed by atoms with E-state index in [1.807, 2.05) is 24.3 Å². The molecule has 0 unspecified atom stereocenters. The highest BCUT2D eigenvalue weighted by Gasteiger charge is 2.06. The summed E-state index contributed by atoms with van der Waals surface area (Å²) in [6.07, 6.45) is 7.11. The van der Waals surface area contributed by atoms with Gasteiger partial charge < -0.3 is 9.88 Å². The standard InChI is InChI=1S/C19H25N3O/c1-4-13-22-15(2)14-17(16(22)3)8-9-19(23)21-12-10-18-7-5-6-11-20-18/h5-9,11,14H,4,10,12-13H2,1-3H3,(H,21,23)/b9-8+. The van der Waals surface area contributed by atoms with Gasteiger partial charge in [-0.25, -0.2) is 0 Å². The van der Waals surface area contributed by atoms with Gasteiger partial charge in [-0.3, -0.25) is 9.78 Å². The van der Waals surface area contributed by atoms with Crippen LogP contribution in [-0.2, 0) is 17.8 Å². The second kappa shape index (κ2) is 8.32. The van der Waals surface area contributed by atoms with Gasteiger partial charge in [0.1, 0.15) is 0 Å². The van der Waals surface area contributed by atoms with Gasteiger partial charge in [0.15, 0.2) is 0 Å². The van der Waals surface area contributed by atoms with Crippen molar-refractivity contribution in [1.29, 1.82) is 0 Å². The number of pyridine rings is 1. The van der Waals surface area contributed by atoms with Crippen LogP contribution in [0.15, 0.2) is 36.5 Å². The molecule has 0 radical (unpaired) electrons. The van der Waals surface area contributed by atoms with E-state index in [0.717, 1.165) is 30.6 Å². The zero-order valence-corrected chi connectivity index (χ0v) is 14.2. The van der Waals surface area contributed by atoms with Crippen LogP contribution in [-0.4, -0.2) is 22.0 Å². The molecule has 2 rings (SSSR count). The molecule has 122 valence electrons. The summed E-state index contributed by atoms with van der Waals surface area (Å²) >= 11 is 0. The number of amides is 1. The fourth-order valence-electron chi connectivity index (χ4n) is 2.65. The highest BCUT2D eigenvalue weighted by Crippen LogP contribution is 2.16. The van der Waals surface area contributed by atoms with Crippen molar-refractivity contribution < 1.29 is 4.79 Å². The van der Waals surface area contributed by atoms with E-state index in [9.17, 15) is 4.79 Å². The van der Waals surface area contributed by atoms with Crippen molar-refractivity contribution in [3.8, 4) is 0 Å². The zero-order valence-electron chi connectivity index (χ0n) is 14.2. The summed E-state index contributed by atoms with van der Waals surface area (Å²) < 4.78 is 2.29. The third kappa shape index (κ3) is 4.81. The highest BCUT2D eigenvalue weighted by molar-refractivity contribution is 5.91. The molecule has 0 aliphatic rings. The molecular formula is C19H25N3O. The van der Waals surface area contributed by atoms with Gasteiger partial charge in [-0.2, -0.15) is 0 Å². The predicted molar refractivity (Wildman–Crippen MR) is 94.2 cm³/mol. The topological polar surface area (TPSA) is 46.9 Å². The van der Waals surface area contributed by atoms with Crippen LogP contribution < -0.4 is 5.32 Å². The summed E-state index contributed by atoms with van der Waals surface area (Å²) in [5.41, 5.74) is 4.54. The van der Waals surface area contributed by atoms with Crippen LogP contribution in [0.1, 0.15) is 36.0 Å². The van der Waals surface area contributed by atoms with E-state index in [2.05, 4.69) is 41.7 Å². The smallest absolute Gasteiger partial charge is 0.244 e. The van der Waals surface area contributed by atoms with Gasteiger partial charge in [0.25, 0.3) is 0 Å². The second-order valence-corrected chi connectivity index (χ2v) is 5.67. The number of aromatic nitrogens is 2. The molecule has 0 spiro atoms. The number of carbonyl (C=O) groups is 1. The Labute approximate surface area is 138 Å². The van der Waals surface area contributed by atoms with Crippen LogP contribution in [0, 0.1) is 13.8 Å². The molecule has 0 aliphatic heterocycles. The molecular weight excluding hydrogens is 286 g/mol. The fraction of sp³-hybridized carbons (Fsp3) is 0.368. The van der Waals surface area contributed by atoms with E-state index < -0.39 is 0 Å². The highest BCUT2D eigenvalue weighted by atomic mass is 16.1. The molecule has 0 saturated carbocycles. The van der Waals surface area contributed by atoms with Crippen LogP contribution in [0.2, 0.25) is 0 Å². The van der Waals surface area contributed by atoms with E-state index >= 15 is 0 Å². The van der Waals surface area contributed by atoms with Crippen LogP contribution in [0.25, 0.3) is 6.08 Å². The summed E-state index contributed by atoms with van der Waals surface area (Å²) in [6.45, 7) is 7.98. The molecule has 0 saturated heterocycles. The SMILES string of the molecule is CCCn1c(C)cc(/C=C/C(=O)NCCc2ccccn2)c1C. The first-order valence-electron chi connectivity index (χ1n) is 8.14. The first kappa shape index (κ1) is 17.0. The van der Waals surface area contributed by atoms with Gasteiger partial charge in [0.2, 0.25) is 5.91 Å². The summed E-state index contributed by atoms with van der Waals surface area (Å²) in [5, 5.41) is 2.89. The number of nitrogens with zero attached hydrogens (tertiary/aromatic N) is 2. The molecule has 1 N–H and O–H groups in total. The number of nitrogens with one attached hydrogen (secondary N) is 1. The van der Waals surface area contributed by atoms with Gasteiger partial charge in [-0.1, -0.05) is 13.0 Å². The Bertz CT molecular complexity index is 671. The zero-order chi connectivity index (χ0) is 16.7. The molecule has 0 aliphatic carbocycles. The molecule has 2 aromatic rings. The largest absolute Gasteiger partial charge is 0.352 e. The maximum atomic E-state index is 11.9. The second-order valence-electron chi connectivity index (χ2n) is 5.67. The van der Waals surface area contributed by atoms with Crippen molar-refractivity contribution >= 4 is 12.0 Å². The van der Waals surface area contributed by atoms with Gasteiger partial charge >= 0.3 is 0 Å². The minimum Gasteiger partial charge on any atom is -0.352 e. The molecule has 1 amide bonds. The third-order valence-corrected chi connectivity index (χ3v) is 3.88. The lowest BCUT2D eigenvalue weighted by Crippen LogP contribution is -2.23. The average molecular weight is 311 g/mol. The van der Waals surface area contributed by atoms with Crippen LogP contribution >= 0.6 is 0 Å². The summed E-state index contributed by atoms with van der Waals surface area (Å²) in [6, 6.07) is 7.93. The van der Waals surface area contributed by atoms with Gasteiger partial charge in [0, 0.05) is 48.9 Å². The van der Waals surface area contributed by atoms with E-state index in [0.29, 0.717) is 6.54 Å². The third-order valence-electron chi connectivity index (χ3n) is 3.88. The Kier molecular flexibility index (Phi) is 6.15. The Morgan fingerprint density at radius 1 is 1.35 bits per heavy atom. The van der Waals surface area contributed by atoms with Crippen molar-refractivity contribution in [3.05, 3.63) is 59.2 Å². The monoisotopic (exact) mass is 311 g/mol. The van der Waals surface area contributed by atoms with Crippen LogP contribution in [0.4, 0.5) is 0 Å². The van der Waals surface area contributed by atoms with E-state index in [-0.39, 0.29) is 5.91 Å². The van der Waals surface area contributed by atoms with Crippen molar-refractivity contribution in [2.45, 2.75) is 40.2 Å². The number of carbonyl (C=O) groups excluding carboxylic acids is 1. The van der Waals surface area contributed by atoms with Crippen molar-refractivity contribution in [2.24, 2.45) is 0 Å². The molecule has 4 nitrogen and oxygen atoms in total. The Balaban J connectivity index is 1.87. The average Bonchev–Trinajstić information content (AvgIpc) is 2.82.